The third-order valence-corrected chi connectivity index (χ3v) is 4.02. The summed E-state index contributed by atoms with van der Waals surface area (Å²) in [6.45, 7) is 0. The monoisotopic (exact) mass is 314 g/mol. The highest BCUT2D eigenvalue weighted by Crippen LogP contribution is 2.14. The Morgan fingerprint density at radius 2 is 1.62 bits per heavy atom. The fourth-order valence-corrected chi connectivity index (χ4v) is 2.59. The molecular weight excluding hydrogens is 292 g/mol. The van der Waals surface area contributed by atoms with Crippen LogP contribution in [-0.2, 0) is 10.1 Å². The van der Waals surface area contributed by atoms with Gasteiger partial charge in [-0.05, 0) is 37.1 Å². The van der Waals surface area contributed by atoms with E-state index in [1.165, 1.54) is 0 Å². The van der Waals surface area contributed by atoms with Crippen molar-refractivity contribution in [2.45, 2.75) is 38.5 Å². The minimum Gasteiger partial charge on any atom is -0.497 e. The number of ketones is 1. The zero-order valence-electron chi connectivity index (χ0n) is 12.2. The maximum absolute atomic E-state index is 11.9. The molecule has 0 aliphatic rings. The number of ether oxygens (including phenoxy) is 1. The average molecular weight is 314 g/mol. The standard InChI is InChI=1S/C15H22O5S/c1-20-14-10-8-13(9-11-14)15(16)7-5-3-2-4-6-12-21(17,18)19/h8-11H,2-7,12H2,1H3,(H,17,18,19). The van der Waals surface area contributed by atoms with Gasteiger partial charge in [-0.2, -0.15) is 8.42 Å². The van der Waals surface area contributed by atoms with E-state index in [-0.39, 0.29) is 11.5 Å². The predicted molar refractivity (Wildman–Crippen MR) is 81.4 cm³/mol. The van der Waals surface area contributed by atoms with Crippen LogP contribution in [0.2, 0.25) is 0 Å². The first-order valence-corrected chi connectivity index (χ1v) is 8.66. The Kier molecular flexibility index (Phi) is 7.39. The van der Waals surface area contributed by atoms with Gasteiger partial charge >= 0.3 is 0 Å². The number of rotatable bonds is 10. The fraction of sp³-hybridized carbons (Fsp3) is 0.533. The summed E-state index contributed by atoms with van der Waals surface area (Å²) in [7, 11) is -2.25. The summed E-state index contributed by atoms with van der Waals surface area (Å²) in [5, 5.41) is 0. The van der Waals surface area contributed by atoms with Gasteiger partial charge in [0.25, 0.3) is 10.1 Å². The van der Waals surface area contributed by atoms with Crippen molar-refractivity contribution in [3.05, 3.63) is 29.8 Å². The van der Waals surface area contributed by atoms with E-state index in [4.69, 9.17) is 9.29 Å². The molecule has 0 heterocycles. The van der Waals surface area contributed by atoms with Gasteiger partial charge in [0.2, 0.25) is 0 Å². The summed E-state index contributed by atoms with van der Waals surface area (Å²) < 4.78 is 34.6. The quantitative estimate of drug-likeness (QED) is 0.408. The lowest BCUT2D eigenvalue weighted by Gasteiger charge is -2.03. The van der Waals surface area contributed by atoms with Crippen molar-refractivity contribution in [3.63, 3.8) is 0 Å². The third kappa shape index (κ3) is 7.82. The Morgan fingerprint density at radius 1 is 1.05 bits per heavy atom. The smallest absolute Gasteiger partial charge is 0.264 e. The van der Waals surface area contributed by atoms with Gasteiger partial charge < -0.3 is 4.74 Å². The second kappa shape index (κ2) is 8.79. The molecule has 0 aliphatic carbocycles. The number of hydrogen-bond acceptors (Lipinski definition) is 4. The largest absolute Gasteiger partial charge is 0.497 e. The summed E-state index contributed by atoms with van der Waals surface area (Å²) in [6, 6.07) is 7.05. The van der Waals surface area contributed by atoms with Crippen LogP contribution in [0.4, 0.5) is 0 Å². The van der Waals surface area contributed by atoms with Crippen LogP contribution in [0, 0.1) is 0 Å². The molecule has 0 atom stereocenters. The van der Waals surface area contributed by atoms with E-state index in [1.807, 2.05) is 0 Å². The zero-order chi connectivity index (χ0) is 15.7. The third-order valence-electron chi connectivity index (χ3n) is 3.22. The Bertz CT molecular complexity index is 534. The molecule has 0 unspecified atom stereocenters. The van der Waals surface area contributed by atoms with Gasteiger partial charge in [0.05, 0.1) is 12.9 Å². The van der Waals surface area contributed by atoms with E-state index in [2.05, 4.69) is 0 Å². The van der Waals surface area contributed by atoms with Crippen molar-refractivity contribution >= 4 is 15.9 Å². The van der Waals surface area contributed by atoms with Crippen molar-refractivity contribution < 1.29 is 22.5 Å². The molecule has 0 fully saturated rings. The van der Waals surface area contributed by atoms with Crippen LogP contribution in [0.3, 0.4) is 0 Å². The van der Waals surface area contributed by atoms with Crippen LogP contribution in [0.5, 0.6) is 5.75 Å². The van der Waals surface area contributed by atoms with Crippen molar-refractivity contribution in [2.24, 2.45) is 0 Å². The molecule has 0 saturated carbocycles. The van der Waals surface area contributed by atoms with E-state index >= 15 is 0 Å². The lowest BCUT2D eigenvalue weighted by molar-refractivity contribution is 0.0979. The van der Waals surface area contributed by atoms with Gasteiger partial charge in [0.15, 0.2) is 5.78 Å². The van der Waals surface area contributed by atoms with Crippen LogP contribution in [0.1, 0.15) is 48.9 Å². The van der Waals surface area contributed by atoms with E-state index in [0.717, 1.165) is 31.4 Å². The average Bonchev–Trinajstić information content (AvgIpc) is 2.45. The van der Waals surface area contributed by atoms with Crippen LogP contribution in [0.15, 0.2) is 24.3 Å². The summed E-state index contributed by atoms with van der Waals surface area (Å²) in [6.07, 6.45) is 4.24. The Balaban J connectivity index is 2.16. The summed E-state index contributed by atoms with van der Waals surface area (Å²) in [5.41, 5.74) is 0.683. The SMILES string of the molecule is COc1ccc(C(=O)CCCCCCCS(=O)(=O)O)cc1. The van der Waals surface area contributed by atoms with Gasteiger partial charge in [-0.25, -0.2) is 0 Å². The molecular formula is C15H22O5S. The van der Waals surface area contributed by atoms with Crippen LogP contribution in [-0.4, -0.2) is 31.6 Å². The number of unbranched alkanes of at least 4 members (excludes halogenated alkanes) is 4. The molecule has 0 bridgehead atoms. The number of carbonyl (C=O) groups excluding carboxylic acids is 1. The number of methoxy groups -OCH3 is 1. The number of carbonyl (C=O) groups is 1. The molecule has 1 aromatic rings. The normalized spacial score (nSPS) is 11.3. The van der Waals surface area contributed by atoms with Crippen LogP contribution >= 0.6 is 0 Å². The Labute approximate surface area is 126 Å². The number of benzene rings is 1. The first kappa shape index (κ1) is 17.7. The highest BCUT2D eigenvalue weighted by Gasteiger charge is 2.06. The molecule has 0 aliphatic heterocycles. The molecule has 21 heavy (non-hydrogen) atoms. The number of Topliss-reactive ketones (excluding diaryl/α,β-unsaturated/α-hetero) is 1. The van der Waals surface area contributed by atoms with Crippen LogP contribution in [0.25, 0.3) is 0 Å². The second-order valence-corrected chi connectivity index (χ2v) is 6.53. The van der Waals surface area contributed by atoms with E-state index in [0.29, 0.717) is 18.4 Å². The first-order valence-electron chi connectivity index (χ1n) is 7.05. The van der Waals surface area contributed by atoms with Crippen LogP contribution < -0.4 is 4.74 Å². The predicted octanol–water partition coefficient (Wildman–Crippen LogP) is 3.11. The zero-order valence-corrected chi connectivity index (χ0v) is 13.1. The highest BCUT2D eigenvalue weighted by molar-refractivity contribution is 7.85. The molecule has 0 spiro atoms. The van der Waals surface area contributed by atoms with E-state index in [9.17, 15) is 13.2 Å². The molecule has 118 valence electrons. The summed E-state index contributed by atoms with van der Waals surface area (Å²) in [5.74, 6) is 0.651. The second-order valence-electron chi connectivity index (χ2n) is 4.96. The van der Waals surface area contributed by atoms with E-state index < -0.39 is 10.1 Å². The van der Waals surface area contributed by atoms with Gasteiger partial charge in [0, 0.05) is 12.0 Å². The molecule has 0 radical (unpaired) electrons. The number of hydrogen-bond donors (Lipinski definition) is 1. The Hall–Kier alpha value is -1.40. The minimum atomic E-state index is -3.84. The molecule has 0 amide bonds. The topological polar surface area (TPSA) is 80.7 Å². The molecule has 0 aromatic heterocycles. The Morgan fingerprint density at radius 3 is 2.19 bits per heavy atom. The van der Waals surface area contributed by atoms with Crippen molar-refractivity contribution in [2.75, 3.05) is 12.9 Å². The molecule has 1 N–H and O–H groups in total. The highest BCUT2D eigenvalue weighted by atomic mass is 32.2. The van der Waals surface area contributed by atoms with E-state index in [1.54, 1.807) is 31.4 Å². The molecule has 6 heteroatoms. The van der Waals surface area contributed by atoms with Gasteiger partial charge in [0.1, 0.15) is 5.75 Å². The first-order chi connectivity index (χ1) is 9.92. The maximum atomic E-state index is 11.9. The molecule has 0 saturated heterocycles. The van der Waals surface area contributed by atoms with Gasteiger partial charge in [-0.15, -0.1) is 0 Å². The minimum absolute atomic E-state index is 0.107. The van der Waals surface area contributed by atoms with Crippen molar-refractivity contribution in [3.8, 4) is 5.75 Å². The summed E-state index contributed by atoms with van der Waals surface area (Å²) >= 11 is 0. The maximum Gasteiger partial charge on any atom is 0.264 e. The molecule has 5 nitrogen and oxygen atoms in total. The fourth-order valence-electron chi connectivity index (χ4n) is 2.02. The lowest BCUT2D eigenvalue weighted by Crippen LogP contribution is -2.03. The lowest BCUT2D eigenvalue weighted by atomic mass is 10.0. The van der Waals surface area contributed by atoms with Crippen molar-refractivity contribution in [1.29, 1.82) is 0 Å². The van der Waals surface area contributed by atoms with Gasteiger partial charge in [-0.3, -0.25) is 9.35 Å². The van der Waals surface area contributed by atoms with Crippen molar-refractivity contribution in [1.82, 2.24) is 0 Å². The molecule has 1 aromatic carbocycles. The molecule has 1 rings (SSSR count). The van der Waals surface area contributed by atoms with Gasteiger partial charge in [-0.1, -0.05) is 19.3 Å². The summed E-state index contributed by atoms with van der Waals surface area (Å²) in [4.78, 5) is 11.9.